The fraction of sp³-hybridized carbons (Fsp3) is 0.312. The number of nitrogens with zero attached hydrogens (tertiary/aromatic N) is 2. The SMILES string of the molecule is O=C(NC1CCN(C(=O)c2ccccc2O)CC1)c1ccn[nH]1. The molecule has 1 fully saturated rings. The molecule has 2 heterocycles. The van der Waals surface area contributed by atoms with Crippen molar-refractivity contribution >= 4 is 11.8 Å². The van der Waals surface area contributed by atoms with E-state index in [0.29, 0.717) is 37.2 Å². The number of piperidine rings is 1. The molecular formula is C16H18N4O3. The van der Waals surface area contributed by atoms with Crippen LogP contribution in [0.1, 0.15) is 33.7 Å². The number of para-hydroxylation sites is 1. The Kier molecular flexibility index (Phi) is 4.27. The summed E-state index contributed by atoms with van der Waals surface area (Å²) in [6.07, 6.45) is 2.89. The zero-order valence-corrected chi connectivity index (χ0v) is 12.5. The number of nitrogens with one attached hydrogen (secondary N) is 2. The molecule has 23 heavy (non-hydrogen) atoms. The standard InChI is InChI=1S/C16H18N4O3/c21-14-4-2-1-3-12(14)16(23)20-9-6-11(7-10-20)18-15(22)13-5-8-17-19-13/h1-5,8,11,21H,6-7,9-10H2,(H,17,19)(H,18,22). The second-order valence-electron chi connectivity index (χ2n) is 5.53. The van der Waals surface area contributed by atoms with Crippen LogP contribution in [0, 0.1) is 0 Å². The van der Waals surface area contributed by atoms with Gasteiger partial charge in [0.05, 0.1) is 5.56 Å². The Hall–Kier alpha value is -2.83. The van der Waals surface area contributed by atoms with E-state index in [2.05, 4.69) is 15.5 Å². The zero-order valence-electron chi connectivity index (χ0n) is 12.5. The first kappa shape index (κ1) is 15.1. The average molecular weight is 314 g/mol. The van der Waals surface area contributed by atoms with E-state index in [1.807, 2.05) is 0 Å². The highest BCUT2D eigenvalue weighted by atomic mass is 16.3. The Morgan fingerprint density at radius 1 is 1.22 bits per heavy atom. The molecule has 0 saturated carbocycles. The number of aromatic amines is 1. The van der Waals surface area contributed by atoms with Crippen molar-refractivity contribution in [3.8, 4) is 5.75 Å². The highest BCUT2D eigenvalue weighted by Gasteiger charge is 2.26. The number of aromatic nitrogens is 2. The lowest BCUT2D eigenvalue weighted by Gasteiger charge is -2.32. The maximum Gasteiger partial charge on any atom is 0.269 e. The minimum atomic E-state index is -0.187. The quantitative estimate of drug-likeness (QED) is 0.791. The van der Waals surface area contributed by atoms with Crippen LogP contribution in [-0.4, -0.2) is 51.1 Å². The number of aromatic hydroxyl groups is 1. The molecule has 1 aliphatic rings. The van der Waals surface area contributed by atoms with Gasteiger partial charge < -0.3 is 15.3 Å². The first-order valence-electron chi connectivity index (χ1n) is 7.52. The maximum absolute atomic E-state index is 12.4. The molecule has 1 saturated heterocycles. The van der Waals surface area contributed by atoms with E-state index in [1.54, 1.807) is 29.2 Å². The molecule has 1 aliphatic heterocycles. The second-order valence-corrected chi connectivity index (χ2v) is 5.53. The normalized spacial score (nSPS) is 15.4. The number of carbonyl (C=O) groups is 2. The van der Waals surface area contributed by atoms with Gasteiger partial charge in [-0.05, 0) is 31.0 Å². The summed E-state index contributed by atoms with van der Waals surface area (Å²) in [6, 6.07) is 8.17. The molecule has 3 rings (SSSR count). The molecule has 1 aromatic carbocycles. The molecule has 0 aliphatic carbocycles. The lowest BCUT2D eigenvalue weighted by Crippen LogP contribution is -2.46. The van der Waals surface area contributed by atoms with E-state index in [4.69, 9.17) is 0 Å². The highest BCUT2D eigenvalue weighted by molar-refractivity contribution is 5.97. The molecule has 120 valence electrons. The number of H-pyrrole nitrogens is 1. The van der Waals surface area contributed by atoms with Crippen LogP contribution in [0.3, 0.4) is 0 Å². The van der Waals surface area contributed by atoms with Crippen molar-refractivity contribution in [2.75, 3.05) is 13.1 Å². The van der Waals surface area contributed by atoms with E-state index >= 15 is 0 Å². The van der Waals surface area contributed by atoms with E-state index in [-0.39, 0.29) is 23.6 Å². The number of likely N-dealkylation sites (tertiary alicyclic amines) is 1. The monoisotopic (exact) mass is 314 g/mol. The van der Waals surface area contributed by atoms with Crippen LogP contribution in [-0.2, 0) is 0 Å². The fourth-order valence-electron chi connectivity index (χ4n) is 2.70. The Balaban J connectivity index is 1.55. The Labute approximate surface area is 133 Å². The highest BCUT2D eigenvalue weighted by Crippen LogP contribution is 2.20. The third kappa shape index (κ3) is 3.33. The molecule has 1 aromatic heterocycles. The van der Waals surface area contributed by atoms with E-state index < -0.39 is 0 Å². The summed E-state index contributed by atoms with van der Waals surface area (Å²) in [5.74, 6) is -0.374. The number of phenols is 1. The topological polar surface area (TPSA) is 98.3 Å². The van der Waals surface area contributed by atoms with Crippen LogP contribution in [0.4, 0.5) is 0 Å². The van der Waals surface area contributed by atoms with E-state index in [9.17, 15) is 14.7 Å². The molecule has 0 atom stereocenters. The summed E-state index contributed by atoms with van der Waals surface area (Å²) in [5, 5.41) is 19.1. The fourth-order valence-corrected chi connectivity index (χ4v) is 2.70. The predicted octanol–water partition coefficient (Wildman–Crippen LogP) is 1.15. The number of amides is 2. The smallest absolute Gasteiger partial charge is 0.269 e. The van der Waals surface area contributed by atoms with Crippen LogP contribution in [0.5, 0.6) is 5.75 Å². The molecule has 0 bridgehead atoms. The van der Waals surface area contributed by atoms with E-state index in [0.717, 1.165) is 0 Å². The van der Waals surface area contributed by atoms with Gasteiger partial charge in [-0.25, -0.2) is 0 Å². The van der Waals surface area contributed by atoms with Gasteiger partial charge in [0.1, 0.15) is 11.4 Å². The first-order valence-corrected chi connectivity index (χ1v) is 7.52. The van der Waals surface area contributed by atoms with E-state index in [1.165, 1.54) is 12.3 Å². The van der Waals surface area contributed by atoms with Gasteiger partial charge in [0, 0.05) is 25.3 Å². The third-order valence-corrected chi connectivity index (χ3v) is 4.00. The van der Waals surface area contributed by atoms with Gasteiger partial charge >= 0.3 is 0 Å². The number of hydrogen-bond acceptors (Lipinski definition) is 4. The van der Waals surface area contributed by atoms with Crippen LogP contribution in [0.25, 0.3) is 0 Å². The van der Waals surface area contributed by atoms with Crippen LogP contribution in [0.15, 0.2) is 36.5 Å². The molecule has 7 nitrogen and oxygen atoms in total. The minimum absolute atomic E-state index is 0.00725. The molecule has 2 amide bonds. The Morgan fingerprint density at radius 3 is 2.61 bits per heavy atom. The lowest BCUT2D eigenvalue weighted by atomic mass is 10.0. The van der Waals surface area contributed by atoms with Gasteiger partial charge in [-0.1, -0.05) is 12.1 Å². The van der Waals surface area contributed by atoms with Crippen LogP contribution < -0.4 is 5.32 Å². The van der Waals surface area contributed by atoms with Gasteiger partial charge in [-0.15, -0.1) is 0 Å². The van der Waals surface area contributed by atoms with Crippen molar-refractivity contribution in [1.82, 2.24) is 20.4 Å². The zero-order chi connectivity index (χ0) is 16.2. The lowest BCUT2D eigenvalue weighted by molar-refractivity contribution is 0.0695. The molecule has 0 spiro atoms. The molecule has 0 radical (unpaired) electrons. The van der Waals surface area contributed by atoms with Gasteiger partial charge in [0.2, 0.25) is 0 Å². The van der Waals surface area contributed by atoms with Crippen molar-refractivity contribution in [2.45, 2.75) is 18.9 Å². The molecule has 3 N–H and O–H groups in total. The maximum atomic E-state index is 12.4. The Bertz CT molecular complexity index is 691. The summed E-state index contributed by atoms with van der Waals surface area (Å²) in [6.45, 7) is 1.09. The van der Waals surface area contributed by atoms with Crippen molar-refractivity contribution in [3.05, 3.63) is 47.8 Å². The predicted molar refractivity (Wildman–Crippen MR) is 83.1 cm³/mol. The first-order chi connectivity index (χ1) is 11.1. The summed E-state index contributed by atoms with van der Waals surface area (Å²) in [4.78, 5) is 26.1. The minimum Gasteiger partial charge on any atom is -0.507 e. The summed E-state index contributed by atoms with van der Waals surface area (Å²) < 4.78 is 0. The van der Waals surface area contributed by atoms with Crippen LogP contribution >= 0.6 is 0 Å². The van der Waals surface area contributed by atoms with Crippen molar-refractivity contribution in [3.63, 3.8) is 0 Å². The third-order valence-electron chi connectivity index (χ3n) is 4.00. The average Bonchev–Trinajstić information content (AvgIpc) is 3.10. The van der Waals surface area contributed by atoms with Gasteiger partial charge in [0.15, 0.2) is 0 Å². The summed E-state index contributed by atoms with van der Waals surface area (Å²) in [5.41, 5.74) is 0.741. The Morgan fingerprint density at radius 2 is 1.96 bits per heavy atom. The van der Waals surface area contributed by atoms with Crippen molar-refractivity contribution < 1.29 is 14.7 Å². The van der Waals surface area contributed by atoms with Crippen LogP contribution in [0.2, 0.25) is 0 Å². The molecule has 0 unspecified atom stereocenters. The molecular weight excluding hydrogens is 296 g/mol. The van der Waals surface area contributed by atoms with Crippen molar-refractivity contribution in [2.24, 2.45) is 0 Å². The van der Waals surface area contributed by atoms with Gasteiger partial charge in [-0.2, -0.15) is 5.10 Å². The number of carbonyl (C=O) groups excluding carboxylic acids is 2. The molecule has 2 aromatic rings. The molecule has 7 heteroatoms. The summed E-state index contributed by atoms with van der Waals surface area (Å²) >= 11 is 0. The largest absolute Gasteiger partial charge is 0.507 e. The number of benzene rings is 1. The second kappa shape index (κ2) is 6.51. The number of hydrogen-bond donors (Lipinski definition) is 3. The number of phenolic OH excluding ortho intramolecular Hbond substituents is 1. The van der Waals surface area contributed by atoms with Gasteiger partial charge in [0.25, 0.3) is 11.8 Å². The van der Waals surface area contributed by atoms with Gasteiger partial charge in [-0.3, -0.25) is 14.7 Å². The number of rotatable bonds is 3. The van der Waals surface area contributed by atoms with Crippen molar-refractivity contribution in [1.29, 1.82) is 0 Å². The summed E-state index contributed by atoms with van der Waals surface area (Å²) in [7, 11) is 0.